The molecule has 120 valence electrons. The minimum Gasteiger partial charge on any atom is -0.505 e. The summed E-state index contributed by atoms with van der Waals surface area (Å²) in [5.41, 5.74) is 0.517. The number of likely N-dealkylation sites (tertiary alicyclic amines) is 1. The van der Waals surface area contributed by atoms with Crippen LogP contribution in [0.1, 0.15) is 18.9 Å². The maximum absolute atomic E-state index is 13.2. The molecule has 0 spiro atoms. The fraction of sp³-hybridized carbons (Fsp3) is 0.467. The average molecular weight is 310 g/mol. The molecule has 1 aromatic carbocycles. The van der Waals surface area contributed by atoms with E-state index in [9.17, 15) is 14.0 Å². The lowest BCUT2D eigenvalue weighted by Gasteiger charge is -2.34. The first-order chi connectivity index (χ1) is 10.4. The Labute approximate surface area is 127 Å². The number of carboxylic acids is 1. The molecule has 2 atom stereocenters. The van der Waals surface area contributed by atoms with Gasteiger partial charge in [-0.05, 0) is 30.0 Å². The van der Waals surface area contributed by atoms with Crippen LogP contribution in [0.4, 0.5) is 9.18 Å². The van der Waals surface area contributed by atoms with E-state index < -0.39 is 23.5 Å². The van der Waals surface area contributed by atoms with Crippen molar-refractivity contribution in [2.75, 3.05) is 13.1 Å². The second kappa shape index (κ2) is 6.64. The van der Waals surface area contributed by atoms with Crippen molar-refractivity contribution in [2.24, 2.45) is 11.8 Å². The van der Waals surface area contributed by atoms with Crippen molar-refractivity contribution in [1.82, 2.24) is 10.2 Å². The summed E-state index contributed by atoms with van der Waals surface area (Å²) >= 11 is 0. The highest BCUT2D eigenvalue weighted by Gasteiger charge is 2.31. The molecule has 0 aromatic heterocycles. The normalized spacial score (nSPS) is 21.5. The zero-order valence-corrected chi connectivity index (χ0v) is 12.3. The number of halogens is 1. The minimum absolute atomic E-state index is 0.110. The predicted molar refractivity (Wildman–Crippen MR) is 76.8 cm³/mol. The molecule has 1 aliphatic heterocycles. The molecule has 0 aliphatic carbocycles. The van der Waals surface area contributed by atoms with Crippen LogP contribution in [-0.4, -0.2) is 40.2 Å². The first-order valence-electron chi connectivity index (χ1n) is 7.09. The average Bonchev–Trinajstić information content (AvgIpc) is 2.47. The quantitative estimate of drug-likeness (QED) is 0.794. The molecule has 1 heterocycles. The summed E-state index contributed by atoms with van der Waals surface area (Å²) in [6.45, 7) is 2.69. The predicted octanol–water partition coefficient (Wildman–Crippen LogP) is 1.78. The van der Waals surface area contributed by atoms with Gasteiger partial charge in [-0.3, -0.25) is 4.79 Å². The summed E-state index contributed by atoms with van der Waals surface area (Å²) in [5, 5.41) is 20.8. The van der Waals surface area contributed by atoms with Gasteiger partial charge in [0.1, 0.15) is 0 Å². The Morgan fingerprint density at radius 2 is 2.14 bits per heavy atom. The van der Waals surface area contributed by atoms with E-state index >= 15 is 0 Å². The fourth-order valence-corrected chi connectivity index (χ4v) is 2.65. The molecular weight excluding hydrogens is 291 g/mol. The molecule has 1 aliphatic rings. The van der Waals surface area contributed by atoms with Gasteiger partial charge in [-0.1, -0.05) is 13.0 Å². The van der Waals surface area contributed by atoms with Gasteiger partial charge in [0.05, 0.1) is 5.92 Å². The highest BCUT2D eigenvalue weighted by Crippen LogP contribution is 2.22. The number of nitrogens with zero attached hydrogens (tertiary/aromatic N) is 1. The molecule has 22 heavy (non-hydrogen) atoms. The Kier molecular flexibility index (Phi) is 4.85. The number of urea groups is 1. The van der Waals surface area contributed by atoms with Crippen molar-refractivity contribution >= 4 is 12.0 Å². The molecule has 7 heteroatoms. The number of carbonyl (C=O) groups excluding carboxylic acids is 1. The number of hydrogen-bond donors (Lipinski definition) is 3. The van der Waals surface area contributed by atoms with E-state index in [1.54, 1.807) is 0 Å². The Morgan fingerprint density at radius 1 is 1.41 bits per heavy atom. The summed E-state index contributed by atoms with van der Waals surface area (Å²) in [6.07, 6.45) is 0.558. The summed E-state index contributed by atoms with van der Waals surface area (Å²) in [6, 6.07) is 3.51. The number of rotatable bonds is 3. The topological polar surface area (TPSA) is 89.9 Å². The van der Waals surface area contributed by atoms with Crippen molar-refractivity contribution in [3.05, 3.63) is 29.6 Å². The number of aromatic hydroxyl groups is 1. The fourth-order valence-electron chi connectivity index (χ4n) is 2.65. The van der Waals surface area contributed by atoms with Crippen molar-refractivity contribution in [2.45, 2.75) is 19.9 Å². The SMILES string of the molecule is CC1CC(C(=O)O)CN(C(=O)NCc2ccc(O)c(F)c2)C1. The van der Waals surface area contributed by atoms with Crippen molar-refractivity contribution in [3.63, 3.8) is 0 Å². The number of hydrogen-bond acceptors (Lipinski definition) is 3. The second-order valence-corrected chi connectivity index (χ2v) is 5.73. The van der Waals surface area contributed by atoms with Crippen molar-refractivity contribution < 1.29 is 24.2 Å². The lowest BCUT2D eigenvalue weighted by atomic mass is 9.91. The molecule has 3 N–H and O–H groups in total. The first-order valence-corrected chi connectivity index (χ1v) is 7.09. The van der Waals surface area contributed by atoms with Crippen LogP contribution in [0.5, 0.6) is 5.75 Å². The van der Waals surface area contributed by atoms with Gasteiger partial charge in [0, 0.05) is 19.6 Å². The Bertz CT molecular complexity index is 579. The standard InChI is InChI=1S/C15H19FN2O4/c1-9-4-11(14(20)21)8-18(7-9)15(22)17-6-10-2-3-13(19)12(16)5-10/h2-3,5,9,11,19H,4,6-8H2,1H3,(H,17,22)(H,20,21). The second-order valence-electron chi connectivity index (χ2n) is 5.73. The van der Waals surface area contributed by atoms with Gasteiger partial charge in [-0.15, -0.1) is 0 Å². The molecular formula is C15H19FN2O4. The number of nitrogens with one attached hydrogen (secondary N) is 1. The lowest BCUT2D eigenvalue weighted by molar-refractivity contribution is -0.143. The molecule has 2 unspecified atom stereocenters. The number of phenols is 1. The molecule has 6 nitrogen and oxygen atoms in total. The third-order valence-corrected chi connectivity index (χ3v) is 3.75. The molecule has 0 saturated carbocycles. The third-order valence-electron chi connectivity index (χ3n) is 3.75. The van der Waals surface area contributed by atoms with Crippen molar-refractivity contribution in [1.29, 1.82) is 0 Å². The minimum atomic E-state index is -0.898. The zero-order chi connectivity index (χ0) is 16.3. The van der Waals surface area contributed by atoms with E-state index in [2.05, 4.69) is 5.32 Å². The van der Waals surface area contributed by atoms with E-state index in [1.807, 2.05) is 6.92 Å². The number of aliphatic carboxylic acids is 1. The Balaban J connectivity index is 1.93. The number of piperidine rings is 1. The van der Waals surface area contributed by atoms with Gasteiger partial charge in [0.25, 0.3) is 0 Å². The summed E-state index contributed by atoms with van der Waals surface area (Å²) in [5.74, 6) is -2.52. The first kappa shape index (κ1) is 16.1. The van der Waals surface area contributed by atoms with E-state index in [0.29, 0.717) is 18.5 Å². The largest absolute Gasteiger partial charge is 0.505 e. The lowest BCUT2D eigenvalue weighted by Crippen LogP contribution is -2.49. The molecule has 2 rings (SSSR count). The van der Waals surface area contributed by atoms with Crippen LogP contribution in [0.3, 0.4) is 0 Å². The van der Waals surface area contributed by atoms with Gasteiger partial charge in [0.15, 0.2) is 11.6 Å². The van der Waals surface area contributed by atoms with Gasteiger partial charge in [0.2, 0.25) is 0 Å². The van der Waals surface area contributed by atoms with E-state index in [0.717, 1.165) is 6.07 Å². The summed E-state index contributed by atoms with van der Waals surface area (Å²) in [4.78, 5) is 24.7. The smallest absolute Gasteiger partial charge is 0.317 e. The number of phenolic OH excluding ortho intramolecular Hbond substituents is 1. The van der Waals surface area contributed by atoms with Crippen molar-refractivity contribution in [3.8, 4) is 5.75 Å². The van der Waals surface area contributed by atoms with Crippen LogP contribution < -0.4 is 5.32 Å². The monoisotopic (exact) mass is 310 g/mol. The molecule has 0 radical (unpaired) electrons. The van der Waals surface area contributed by atoms with Crippen LogP contribution in [0, 0.1) is 17.7 Å². The van der Waals surface area contributed by atoms with Crippen LogP contribution >= 0.6 is 0 Å². The highest BCUT2D eigenvalue weighted by molar-refractivity contribution is 5.76. The number of benzene rings is 1. The van der Waals surface area contributed by atoms with Crippen LogP contribution in [0.2, 0.25) is 0 Å². The van der Waals surface area contributed by atoms with E-state index in [-0.39, 0.29) is 25.0 Å². The Morgan fingerprint density at radius 3 is 2.77 bits per heavy atom. The van der Waals surface area contributed by atoms with Gasteiger partial charge in [-0.25, -0.2) is 9.18 Å². The molecule has 2 amide bonds. The number of carboxylic acid groups (broad SMARTS) is 1. The van der Waals surface area contributed by atoms with E-state index in [4.69, 9.17) is 10.2 Å². The van der Waals surface area contributed by atoms with Gasteiger partial charge < -0.3 is 20.4 Å². The molecule has 1 aromatic rings. The van der Waals surface area contributed by atoms with Crippen LogP contribution in [-0.2, 0) is 11.3 Å². The number of carbonyl (C=O) groups is 2. The Hall–Kier alpha value is -2.31. The van der Waals surface area contributed by atoms with Crippen LogP contribution in [0.25, 0.3) is 0 Å². The summed E-state index contributed by atoms with van der Waals surface area (Å²) < 4.78 is 13.2. The highest BCUT2D eigenvalue weighted by atomic mass is 19.1. The summed E-state index contributed by atoms with van der Waals surface area (Å²) in [7, 11) is 0. The van der Waals surface area contributed by atoms with Crippen LogP contribution in [0.15, 0.2) is 18.2 Å². The third kappa shape index (κ3) is 3.87. The maximum atomic E-state index is 13.2. The zero-order valence-electron chi connectivity index (χ0n) is 12.3. The van der Waals surface area contributed by atoms with E-state index in [1.165, 1.54) is 17.0 Å². The van der Waals surface area contributed by atoms with Gasteiger partial charge >= 0.3 is 12.0 Å². The maximum Gasteiger partial charge on any atom is 0.317 e. The molecule has 1 fully saturated rings. The van der Waals surface area contributed by atoms with Gasteiger partial charge in [-0.2, -0.15) is 0 Å². The number of amides is 2. The molecule has 0 bridgehead atoms. The molecule has 1 saturated heterocycles.